The molecular formula is C24H33N3O4. The number of carbonyl (C=O) groups is 2. The first kappa shape index (κ1) is 20.6. The topological polar surface area (TPSA) is 62.3 Å². The van der Waals surface area contributed by atoms with Crippen LogP contribution in [0.25, 0.3) is 0 Å². The summed E-state index contributed by atoms with van der Waals surface area (Å²) in [6, 6.07) is 7.40. The molecule has 168 valence electrons. The highest BCUT2D eigenvalue weighted by Gasteiger charge is 2.46. The first-order valence-electron chi connectivity index (χ1n) is 11.8. The highest BCUT2D eigenvalue weighted by molar-refractivity contribution is 6.02. The molecule has 1 aromatic carbocycles. The number of rotatable bonds is 4. The summed E-state index contributed by atoms with van der Waals surface area (Å²) in [6.07, 6.45) is 6.63. The Morgan fingerprint density at radius 2 is 1.74 bits per heavy atom. The second kappa shape index (κ2) is 8.34. The van der Waals surface area contributed by atoms with Crippen molar-refractivity contribution in [3.8, 4) is 5.75 Å². The molecule has 4 aliphatic heterocycles. The first-order valence-corrected chi connectivity index (χ1v) is 11.8. The number of amides is 2. The Balaban J connectivity index is 1.22. The van der Waals surface area contributed by atoms with Gasteiger partial charge in [0.05, 0.1) is 25.8 Å². The van der Waals surface area contributed by atoms with Gasteiger partial charge in [0.1, 0.15) is 5.75 Å². The van der Waals surface area contributed by atoms with Crippen molar-refractivity contribution >= 4 is 17.7 Å². The predicted octanol–water partition coefficient (Wildman–Crippen LogP) is 3.20. The lowest BCUT2D eigenvalue weighted by Crippen LogP contribution is -2.55. The molecular weight excluding hydrogens is 394 g/mol. The number of anilines is 1. The summed E-state index contributed by atoms with van der Waals surface area (Å²) in [6.45, 7) is 4.33. The maximum atomic E-state index is 12.8. The number of hydrogen-bond acceptors (Lipinski definition) is 5. The van der Waals surface area contributed by atoms with Crippen molar-refractivity contribution in [2.24, 2.45) is 0 Å². The van der Waals surface area contributed by atoms with Gasteiger partial charge in [-0.15, -0.1) is 0 Å². The number of benzene rings is 1. The van der Waals surface area contributed by atoms with Crippen LogP contribution in [0.4, 0.5) is 10.5 Å². The average molecular weight is 428 g/mol. The van der Waals surface area contributed by atoms with E-state index in [0.717, 1.165) is 68.6 Å². The van der Waals surface area contributed by atoms with Gasteiger partial charge in [0.25, 0.3) is 0 Å². The number of ether oxygens (including phenoxy) is 2. The molecule has 3 fully saturated rings. The van der Waals surface area contributed by atoms with Crippen LogP contribution in [-0.2, 0) is 16.0 Å². The van der Waals surface area contributed by atoms with E-state index in [9.17, 15) is 9.59 Å². The lowest BCUT2D eigenvalue weighted by Gasteiger charge is -2.45. The molecule has 4 heterocycles. The standard InChI is InChI=1S/C24H33N3O4/c1-3-31-24(29)26-18-5-6-19(26)14-20(13-18)25-10-8-17(9-11-25)27-22-15-21(30-2)7-4-16(22)12-23(27)28/h4,7,15,17-20H,3,5-6,8-14H2,1-2H3/t18-,19+,20?. The smallest absolute Gasteiger partial charge is 0.410 e. The number of fused-ring (bicyclic) bond motifs is 3. The number of methoxy groups -OCH3 is 1. The molecule has 0 radical (unpaired) electrons. The van der Waals surface area contributed by atoms with Gasteiger partial charge in [0.15, 0.2) is 0 Å². The van der Waals surface area contributed by atoms with Gasteiger partial charge in [-0.25, -0.2) is 4.79 Å². The Bertz CT molecular complexity index is 837. The molecule has 7 heteroatoms. The quantitative estimate of drug-likeness (QED) is 0.739. The SMILES string of the molecule is CCOC(=O)N1[C@@H]2CC[C@H]1CC(N1CCC(N3C(=O)Cc4ccc(OC)cc43)CC1)C2. The van der Waals surface area contributed by atoms with E-state index in [-0.39, 0.29) is 18.0 Å². The lowest BCUT2D eigenvalue weighted by molar-refractivity contribution is -0.118. The molecule has 3 saturated heterocycles. The van der Waals surface area contributed by atoms with E-state index < -0.39 is 0 Å². The molecule has 2 bridgehead atoms. The highest BCUT2D eigenvalue weighted by atomic mass is 16.6. The summed E-state index contributed by atoms with van der Waals surface area (Å²) >= 11 is 0. The lowest BCUT2D eigenvalue weighted by atomic mass is 9.93. The molecule has 31 heavy (non-hydrogen) atoms. The summed E-state index contributed by atoms with van der Waals surface area (Å²) in [4.78, 5) is 31.8. The molecule has 1 unspecified atom stereocenters. The fourth-order valence-electron chi connectivity index (χ4n) is 6.28. The monoisotopic (exact) mass is 427 g/mol. The fourth-order valence-corrected chi connectivity index (χ4v) is 6.28. The Morgan fingerprint density at radius 1 is 1.03 bits per heavy atom. The van der Waals surface area contributed by atoms with E-state index in [4.69, 9.17) is 9.47 Å². The van der Waals surface area contributed by atoms with E-state index in [1.807, 2.05) is 34.9 Å². The fraction of sp³-hybridized carbons (Fsp3) is 0.667. The van der Waals surface area contributed by atoms with E-state index in [0.29, 0.717) is 31.2 Å². The van der Waals surface area contributed by atoms with Crippen LogP contribution in [0.1, 0.15) is 51.0 Å². The van der Waals surface area contributed by atoms with Crippen LogP contribution in [-0.4, -0.2) is 72.8 Å². The van der Waals surface area contributed by atoms with E-state index in [1.165, 1.54) is 0 Å². The van der Waals surface area contributed by atoms with Crippen LogP contribution in [0.3, 0.4) is 0 Å². The first-order chi connectivity index (χ1) is 15.1. The van der Waals surface area contributed by atoms with Crippen molar-refractivity contribution in [2.75, 3.05) is 31.7 Å². The van der Waals surface area contributed by atoms with Gasteiger partial charge in [-0.05, 0) is 57.1 Å². The molecule has 1 aromatic rings. The third-order valence-corrected chi connectivity index (χ3v) is 7.73. The number of carbonyl (C=O) groups excluding carboxylic acids is 2. The van der Waals surface area contributed by atoms with Gasteiger partial charge >= 0.3 is 6.09 Å². The van der Waals surface area contributed by atoms with Crippen LogP contribution >= 0.6 is 0 Å². The zero-order chi connectivity index (χ0) is 21.5. The van der Waals surface area contributed by atoms with Gasteiger partial charge in [-0.2, -0.15) is 0 Å². The largest absolute Gasteiger partial charge is 0.497 e. The van der Waals surface area contributed by atoms with E-state index >= 15 is 0 Å². The summed E-state index contributed by atoms with van der Waals surface area (Å²) in [5.74, 6) is 1.02. The summed E-state index contributed by atoms with van der Waals surface area (Å²) in [5, 5.41) is 0. The van der Waals surface area contributed by atoms with Gasteiger partial charge < -0.3 is 24.2 Å². The number of likely N-dealkylation sites (tertiary alicyclic amines) is 1. The van der Waals surface area contributed by atoms with Gasteiger partial charge in [0, 0.05) is 43.3 Å². The Hall–Kier alpha value is -2.28. The number of nitrogens with zero attached hydrogens (tertiary/aromatic N) is 3. The normalized spacial score (nSPS) is 28.7. The van der Waals surface area contributed by atoms with Crippen molar-refractivity contribution < 1.29 is 19.1 Å². The van der Waals surface area contributed by atoms with Crippen LogP contribution in [0.15, 0.2) is 18.2 Å². The molecule has 7 nitrogen and oxygen atoms in total. The van der Waals surface area contributed by atoms with Gasteiger partial charge in [0.2, 0.25) is 5.91 Å². The number of hydrogen-bond donors (Lipinski definition) is 0. The Labute approximate surface area is 184 Å². The maximum absolute atomic E-state index is 12.8. The Morgan fingerprint density at radius 3 is 2.39 bits per heavy atom. The zero-order valence-corrected chi connectivity index (χ0v) is 18.6. The molecule has 0 aliphatic carbocycles. The minimum absolute atomic E-state index is 0.131. The second-order valence-corrected chi connectivity index (χ2v) is 9.32. The minimum atomic E-state index is -0.131. The van der Waals surface area contributed by atoms with Crippen LogP contribution in [0.5, 0.6) is 5.75 Å². The molecule has 4 aliphatic rings. The zero-order valence-electron chi connectivity index (χ0n) is 18.6. The van der Waals surface area contributed by atoms with Crippen molar-refractivity contribution in [1.29, 1.82) is 0 Å². The van der Waals surface area contributed by atoms with Crippen LogP contribution in [0, 0.1) is 0 Å². The third kappa shape index (κ3) is 3.67. The molecule has 5 rings (SSSR count). The van der Waals surface area contributed by atoms with Crippen molar-refractivity contribution in [1.82, 2.24) is 9.80 Å². The van der Waals surface area contributed by atoms with Crippen LogP contribution in [0.2, 0.25) is 0 Å². The third-order valence-electron chi connectivity index (χ3n) is 7.73. The molecule has 3 atom stereocenters. The predicted molar refractivity (Wildman–Crippen MR) is 117 cm³/mol. The van der Waals surface area contributed by atoms with Gasteiger partial charge in [-0.1, -0.05) is 6.07 Å². The Kier molecular flexibility index (Phi) is 5.54. The van der Waals surface area contributed by atoms with Crippen molar-refractivity contribution in [2.45, 2.75) is 76.0 Å². The van der Waals surface area contributed by atoms with Crippen molar-refractivity contribution in [3.63, 3.8) is 0 Å². The highest BCUT2D eigenvalue weighted by Crippen LogP contribution is 2.40. The van der Waals surface area contributed by atoms with Crippen LogP contribution < -0.4 is 9.64 Å². The minimum Gasteiger partial charge on any atom is -0.497 e. The molecule has 0 aromatic heterocycles. The summed E-state index contributed by atoms with van der Waals surface area (Å²) < 4.78 is 10.7. The molecule has 2 amide bonds. The average Bonchev–Trinajstić information content (AvgIpc) is 3.25. The molecule has 0 N–H and O–H groups in total. The molecule has 0 saturated carbocycles. The number of piperidine rings is 2. The molecule has 0 spiro atoms. The van der Waals surface area contributed by atoms with E-state index in [1.54, 1.807) is 7.11 Å². The summed E-state index contributed by atoms with van der Waals surface area (Å²) in [5.41, 5.74) is 2.14. The van der Waals surface area contributed by atoms with Crippen molar-refractivity contribution in [3.05, 3.63) is 23.8 Å². The van der Waals surface area contributed by atoms with E-state index in [2.05, 4.69) is 4.90 Å². The second-order valence-electron chi connectivity index (χ2n) is 9.32. The summed E-state index contributed by atoms with van der Waals surface area (Å²) in [7, 11) is 1.67. The maximum Gasteiger partial charge on any atom is 0.410 e. The van der Waals surface area contributed by atoms with Gasteiger partial charge in [-0.3, -0.25) is 4.79 Å².